The van der Waals surface area contributed by atoms with Crippen molar-refractivity contribution >= 4 is 12.0 Å². The Morgan fingerprint density at radius 3 is 2.45 bits per heavy atom. The SMILES string of the molecule is CN(N)/C(=N\N)NC(=O)N1CCC2(CC1)CC(c1noc(-c3ccc(C(F)(F)F)cc3)n1)C2. The minimum absolute atomic E-state index is 0.0740. The van der Waals surface area contributed by atoms with Crippen molar-refractivity contribution in [1.29, 1.82) is 0 Å². The maximum atomic E-state index is 12.7. The molecule has 0 unspecified atom stereocenters. The number of hydrogen-bond donors (Lipinski definition) is 3. The Labute approximate surface area is 187 Å². The summed E-state index contributed by atoms with van der Waals surface area (Å²) in [5.41, 5.74) is -0.168. The lowest BCUT2D eigenvalue weighted by molar-refractivity contribution is -0.137. The van der Waals surface area contributed by atoms with Crippen LogP contribution in [0.1, 0.15) is 43.0 Å². The van der Waals surface area contributed by atoms with Gasteiger partial charge in [0.2, 0.25) is 5.96 Å². The third-order valence-electron chi connectivity index (χ3n) is 6.41. The van der Waals surface area contributed by atoms with E-state index in [0.29, 0.717) is 24.5 Å². The highest BCUT2D eigenvalue weighted by atomic mass is 19.4. The number of likely N-dealkylation sites (tertiary alicyclic amines) is 1. The van der Waals surface area contributed by atoms with Crippen LogP contribution in [0, 0.1) is 5.41 Å². The molecule has 1 aromatic heterocycles. The zero-order valence-electron chi connectivity index (χ0n) is 18.0. The van der Waals surface area contributed by atoms with Gasteiger partial charge >= 0.3 is 12.2 Å². The molecule has 1 aliphatic carbocycles. The molecule has 5 N–H and O–H groups in total. The van der Waals surface area contributed by atoms with Gasteiger partial charge in [0.15, 0.2) is 5.82 Å². The largest absolute Gasteiger partial charge is 0.416 e. The summed E-state index contributed by atoms with van der Waals surface area (Å²) in [5, 5.41) is 11.2. The number of alkyl halides is 3. The molecule has 4 rings (SSSR count). The number of nitrogens with one attached hydrogen (secondary N) is 1. The highest BCUT2D eigenvalue weighted by Crippen LogP contribution is 2.56. The summed E-state index contributed by atoms with van der Waals surface area (Å²) in [7, 11) is 1.52. The number of hydrazone groups is 1. The van der Waals surface area contributed by atoms with Crippen LogP contribution >= 0.6 is 0 Å². The predicted molar refractivity (Wildman–Crippen MR) is 112 cm³/mol. The van der Waals surface area contributed by atoms with Gasteiger partial charge in [-0.1, -0.05) is 5.16 Å². The predicted octanol–water partition coefficient (Wildman–Crippen LogP) is 2.46. The van der Waals surface area contributed by atoms with Crippen LogP contribution in [0.3, 0.4) is 0 Å². The summed E-state index contributed by atoms with van der Waals surface area (Å²) < 4.78 is 43.5. The highest BCUT2D eigenvalue weighted by molar-refractivity contribution is 5.95. The molecule has 1 spiro atoms. The number of benzene rings is 1. The van der Waals surface area contributed by atoms with Gasteiger partial charge in [0.1, 0.15) is 0 Å². The maximum absolute atomic E-state index is 12.7. The first kappa shape index (κ1) is 22.8. The molecule has 2 fully saturated rings. The number of piperidine rings is 1. The number of carbonyl (C=O) groups is 1. The topological polar surface area (TPSA) is 139 Å². The number of carbonyl (C=O) groups excluding carboxylic acids is 1. The van der Waals surface area contributed by atoms with Crippen LogP contribution in [0.4, 0.5) is 18.0 Å². The van der Waals surface area contributed by atoms with Gasteiger partial charge in [-0.15, -0.1) is 5.10 Å². The Hall–Kier alpha value is -3.35. The molecule has 2 amide bonds. The van der Waals surface area contributed by atoms with Crippen LogP contribution in [-0.4, -0.2) is 52.2 Å². The molecule has 2 aliphatic rings. The summed E-state index contributed by atoms with van der Waals surface area (Å²) in [6.45, 7) is 1.18. The summed E-state index contributed by atoms with van der Waals surface area (Å²) in [6, 6.07) is 4.34. The Kier molecular flexibility index (Phi) is 5.91. The number of hydrogen-bond acceptors (Lipinski definition) is 7. The van der Waals surface area contributed by atoms with E-state index in [0.717, 1.165) is 42.8 Å². The standard InChI is InChI=1S/C20H25F3N8O2/c1-30(25)17(28-24)27-18(32)31-8-6-19(7-9-31)10-13(11-19)15-26-16(33-29-15)12-2-4-14(5-3-12)20(21,22)23/h2-5,13H,6-11,24-25H2,1H3,(H,27,28,32). The van der Waals surface area contributed by atoms with E-state index in [-0.39, 0.29) is 29.2 Å². The third-order valence-corrected chi connectivity index (χ3v) is 6.41. The molecule has 1 saturated carbocycles. The number of urea groups is 1. The van der Waals surface area contributed by atoms with Gasteiger partial charge in [-0.2, -0.15) is 18.2 Å². The fourth-order valence-electron chi connectivity index (χ4n) is 4.47. The highest BCUT2D eigenvalue weighted by Gasteiger charge is 2.48. The first-order valence-electron chi connectivity index (χ1n) is 10.4. The molecule has 10 nitrogen and oxygen atoms in total. The second-order valence-electron chi connectivity index (χ2n) is 8.62. The van der Waals surface area contributed by atoms with Gasteiger partial charge in [0.25, 0.3) is 5.89 Å². The molecule has 33 heavy (non-hydrogen) atoms. The number of hydrazine groups is 1. The lowest BCUT2D eigenvalue weighted by Crippen LogP contribution is -2.54. The Balaban J connectivity index is 1.31. The van der Waals surface area contributed by atoms with Gasteiger partial charge in [0.05, 0.1) is 5.56 Å². The van der Waals surface area contributed by atoms with Crippen LogP contribution in [-0.2, 0) is 6.18 Å². The van der Waals surface area contributed by atoms with E-state index in [1.54, 1.807) is 4.90 Å². The van der Waals surface area contributed by atoms with E-state index in [9.17, 15) is 18.0 Å². The first-order valence-corrected chi connectivity index (χ1v) is 10.4. The van der Waals surface area contributed by atoms with Crippen molar-refractivity contribution < 1.29 is 22.5 Å². The average Bonchev–Trinajstić information content (AvgIpc) is 3.25. The number of guanidine groups is 1. The van der Waals surface area contributed by atoms with Gasteiger partial charge in [-0.25, -0.2) is 10.6 Å². The van der Waals surface area contributed by atoms with Crippen molar-refractivity contribution in [3.63, 3.8) is 0 Å². The average molecular weight is 466 g/mol. The lowest BCUT2D eigenvalue weighted by Gasteiger charge is -2.51. The number of halogens is 3. The second-order valence-corrected chi connectivity index (χ2v) is 8.62. The molecular weight excluding hydrogens is 441 g/mol. The van der Waals surface area contributed by atoms with Crippen molar-refractivity contribution in [2.75, 3.05) is 20.1 Å². The quantitative estimate of drug-likeness (QED) is 0.267. The van der Waals surface area contributed by atoms with E-state index in [1.165, 1.54) is 19.2 Å². The number of rotatable bonds is 2. The molecule has 2 heterocycles. The van der Waals surface area contributed by atoms with Crippen molar-refractivity contribution in [3.05, 3.63) is 35.7 Å². The molecule has 1 aliphatic heterocycles. The normalized spacial score (nSPS) is 18.8. The second kappa shape index (κ2) is 8.54. The van der Waals surface area contributed by atoms with E-state index < -0.39 is 11.7 Å². The molecule has 1 saturated heterocycles. The van der Waals surface area contributed by atoms with E-state index in [1.807, 2.05) is 0 Å². The fraction of sp³-hybridized carbons (Fsp3) is 0.500. The first-order chi connectivity index (χ1) is 15.6. The van der Waals surface area contributed by atoms with Gasteiger partial charge in [-0.05, 0) is 55.4 Å². The molecule has 0 atom stereocenters. The van der Waals surface area contributed by atoms with Crippen molar-refractivity contribution in [1.82, 2.24) is 25.4 Å². The smallest absolute Gasteiger partial charge is 0.334 e. The van der Waals surface area contributed by atoms with Gasteiger partial charge in [0, 0.05) is 31.6 Å². The Bertz CT molecular complexity index is 1020. The van der Waals surface area contributed by atoms with Crippen LogP contribution in [0.5, 0.6) is 0 Å². The van der Waals surface area contributed by atoms with E-state index >= 15 is 0 Å². The molecule has 1 aromatic carbocycles. The van der Waals surface area contributed by atoms with Crippen LogP contribution in [0.2, 0.25) is 0 Å². The van der Waals surface area contributed by atoms with Crippen LogP contribution < -0.4 is 17.0 Å². The fourth-order valence-corrected chi connectivity index (χ4v) is 4.47. The summed E-state index contributed by atoms with van der Waals surface area (Å²) in [6.07, 6.45) is -0.969. The third kappa shape index (κ3) is 4.72. The number of amides is 2. The van der Waals surface area contributed by atoms with Crippen molar-refractivity contribution in [3.8, 4) is 11.5 Å². The Morgan fingerprint density at radius 2 is 1.91 bits per heavy atom. The van der Waals surface area contributed by atoms with E-state index in [4.69, 9.17) is 16.2 Å². The van der Waals surface area contributed by atoms with Crippen LogP contribution in [0.25, 0.3) is 11.5 Å². The zero-order chi connectivity index (χ0) is 23.8. The Morgan fingerprint density at radius 1 is 1.27 bits per heavy atom. The van der Waals surface area contributed by atoms with E-state index in [2.05, 4.69) is 20.6 Å². The minimum Gasteiger partial charge on any atom is -0.334 e. The molecule has 178 valence electrons. The van der Waals surface area contributed by atoms with Crippen molar-refractivity contribution in [2.45, 2.75) is 37.8 Å². The minimum atomic E-state index is -4.39. The monoisotopic (exact) mass is 466 g/mol. The zero-order valence-corrected chi connectivity index (χ0v) is 18.0. The molecule has 0 bridgehead atoms. The van der Waals surface area contributed by atoms with Gasteiger partial charge in [-0.3, -0.25) is 10.3 Å². The van der Waals surface area contributed by atoms with Crippen LogP contribution in [0.15, 0.2) is 33.9 Å². The number of aromatic nitrogens is 2. The lowest BCUT2D eigenvalue weighted by atomic mass is 9.57. The van der Waals surface area contributed by atoms with Gasteiger partial charge < -0.3 is 15.3 Å². The maximum Gasteiger partial charge on any atom is 0.416 e. The number of nitrogens with two attached hydrogens (primary N) is 2. The molecule has 13 heteroatoms. The molecule has 2 aromatic rings. The van der Waals surface area contributed by atoms with Crippen molar-refractivity contribution in [2.24, 2.45) is 22.2 Å². The number of nitrogens with zero attached hydrogens (tertiary/aromatic N) is 5. The summed E-state index contributed by atoms with van der Waals surface area (Å²) in [5.74, 6) is 11.7. The summed E-state index contributed by atoms with van der Waals surface area (Å²) >= 11 is 0. The molecular formula is C20H25F3N8O2. The summed E-state index contributed by atoms with van der Waals surface area (Å²) in [4.78, 5) is 18.5. The molecule has 0 radical (unpaired) electrons.